The van der Waals surface area contributed by atoms with Gasteiger partial charge in [-0.3, -0.25) is 23.2 Å². The minimum absolute atomic E-state index is 0.156. The third-order valence-electron chi connectivity index (χ3n) is 8.02. The molecule has 1 saturated carbocycles. The normalized spacial score (nSPS) is 14.8. The van der Waals surface area contributed by atoms with Crippen LogP contribution < -0.4 is 11.2 Å². The van der Waals surface area contributed by atoms with Gasteiger partial charge < -0.3 is 9.47 Å². The topological polar surface area (TPSA) is 102 Å². The first kappa shape index (κ1) is 29.4. The van der Waals surface area contributed by atoms with E-state index in [1.54, 1.807) is 15.3 Å². The molecule has 0 amide bonds. The number of benzene rings is 1. The third kappa shape index (κ3) is 5.93. The van der Waals surface area contributed by atoms with E-state index in [9.17, 15) is 14.4 Å². The molecule has 0 bridgehead atoms. The maximum Gasteiger partial charge on any atom is 0.510 e. The maximum atomic E-state index is 13.9. The molecule has 0 spiro atoms. The summed E-state index contributed by atoms with van der Waals surface area (Å²) in [6, 6.07) is 10.1. The molecule has 1 aliphatic rings. The number of hydrogen-bond donors (Lipinski definition) is 0. The first-order valence-corrected chi connectivity index (χ1v) is 15.2. The average molecular weight is 576 g/mol. The molecule has 1 unspecified atom stereocenters. The molecule has 3 heterocycles. The molecule has 1 aromatic carbocycles. The number of ether oxygens (including phenoxy) is 2. The summed E-state index contributed by atoms with van der Waals surface area (Å²) >= 11 is 0. The lowest BCUT2D eigenvalue weighted by Gasteiger charge is -2.25. The van der Waals surface area contributed by atoms with Crippen LogP contribution in [-0.2, 0) is 29.1 Å². The maximum absolute atomic E-state index is 13.9. The van der Waals surface area contributed by atoms with E-state index < -0.39 is 17.9 Å². The van der Waals surface area contributed by atoms with Gasteiger partial charge in [0.15, 0.2) is 6.23 Å². The molecule has 0 radical (unpaired) electrons. The average Bonchev–Trinajstić information content (AvgIpc) is 3.60. The van der Waals surface area contributed by atoms with Crippen molar-refractivity contribution in [3.63, 3.8) is 0 Å². The summed E-state index contributed by atoms with van der Waals surface area (Å²) in [5.74, 6) is 0. The number of carbonyl (C=O) groups is 1. The Hall–Kier alpha value is -4.08. The molecule has 4 aromatic rings. The van der Waals surface area contributed by atoms with Gasteiger partial charge in [-0.1, -0.05) is 50.1 Å². The molecular formula is C32H41N5O5. The van der Waals surface area contributed by atoms with Crippen LogP contribution in [-0.4, -0.2) is 35.7 Å². The van der Waals surface area contributed by atoms with Gasteiger partial charge in [-0.15, -0.1) is 0 Å². The molecule has 0 saturated heterocycles. The second-order valence-corrected chi connectivity index (χ2v) is 11.1. The number of fused-ring (bicyclic) bond motifs is 1. The largest absolute Gasteiger partial charge is 0.510 e. The minimum Gasteiger partial charge on any atom is -0.431 e. The van der Waals surface area contributed by atoms with Crippen molar-refractivity contribution in [1.29, 1.82) is 0 Å². The minimum atomic E-state index is -0.820. The predicted octanol–water partition coefficient (Wildman–Crippen LogP) is 6.01. The summed E-state index contributed by atoms with van der Waals surface area (Å²) in [7, 11) is 0. The van der Waals surface area contributed by atoms with Crippen molar-refractivity contribution in [2.75, 3.05) is 0 Å². The van der Waals surface area contributed by atoms with Crippen molar-refractivity contribution in [1.82, 2.24) is 23.5 Å². The van der Waals surface area contributed by atoms with Gasteiger partial charge in [0, 0.05) is 31.3 Å². The first-order valence-electron chi connectivity index (χ1n) is 15.2. The van der Waals surface area contributed by atoms with Gasteiger partial charge in [-0.25, -0.2) is 9.59 Å². The van der Waals surface area contributed by atoms with E-state index in [1.165, 1.54) is 10.1 Å². The molecular weight excluding hydrogens is 534 g/mol. The number of hydrogen-bond acceptors (Lipinski definition) is 6. The van der Waals surface area contributed by atoms with Crippen LogP contribution >= 0.6 is 0 Å². The molecule has 1 atom stereocenters. The van der Waals surface area contributed by atoms with Gasteiger partial charge >= 0.3 is 11.8 Å². The van der Waals surface area contributed by atoms with Gasteiger partial charge in [0.1, 0.15) is 11.6 Å². The van der Waals surface area contributed by atoms with Crippen LogP contribution in [0.2, 0.25) is 0 Å². The lowest BCUT2D eigenvalue weighted by molar-refractivity contribution is -0.0304. The summed E-state index contributed by atoms with van der Waals surface area (Å²) in [5.41, 5.74) is 3.76. The van der Waals surface area contributed by atoms with Crippen LogP contribution in [0.25, 0.3) is 22.3 Å². The van der Waals surface area contributed by atoms with Crippen molar-refractivity contribution < 1.29 is 14.3 Å². The summed E-state index contributed by atoms with van der Waals surface area (Å²) < 4.78 is 18.1. The fourth-order valence-electron chi connectivity index (χ4n) is 6.00. The van der Waals surface area contributed by atoms with Crippen LogP contribution in [0.5, 0.6) is 0 Å². The highest BCUT2D eigenvalue weighted by Gasteiger charge is 2.28. The Labute approximate surface area is 245 Å². The zero-order valence-electron chi connectivity index (χ0n) is 25.0. The SMILES string of the molecule is CCCn1c(=O)c2c(cc(-c3cnn(Cc4cccc(C)c4)c3)n2C(CC)OC(=O)OC2CCCCC2)n(CC)c1=O. The summed E-state index contributed by atoms with van der Waals surface area (Å²) in [6.45, 7) is 9.02. The van der Waals surface area contributed by atoms with Crippen molar-refractivity contribution in [2.45, 2.75) is 105 Å². The Kier molecular flexibility index (Phi) is 8.99. The molecule has 5 rings (SSSR count). The van der Waals surface area contributed by atoms with Crippen molar-refractivity contribution in [3.05, 3.63) is 74.7 Å². The van der Waals surface area contributed by atoms with Crippen molar-refractivity contribution >= 4 is 17.2 Å². The smallest absolute Gasteiger partial charge is 0.431 e. The fraction of sp³-hybridized carbons (Fsp3) is 0.500. The predicted molar refractivity (Wildman–Crippen MR) is 162 cm³/mol. The monoisotopic (exact) mass is 575 g/mol. The Bertz CT molecular complexity index is 1670. The first-order chi connectivity index (χ1) is 20.3. The third-order valence-corrected chi connectivity index (χ3v) is 8.02. The number of carbonyl (C=O) groups excluding carboxylic acids is 1. The Morgan fingerprint density at radius 3 is 2.55 bits per heavy atom. The van der Waals surface area contributed by atoms with Gasteiger partial charge in [0.25, 0.3) is 5.56 Å². The van der Waals surface area contributed by atoms with E-state index in [4.69, 9.17) is 9.47 Å². The second kappa shape index (κ2) is 12.8. The van der Waals surface area contributed by atoms with E-state index in [0.29, 0.717) is 49.2 Å². The number of rotatable bonds is 10. The highest BCUT2D eigenvalue weighted by atomic mass is 16.7. The second-order valence-electron chi connectivity index (χ2n) is 11.1. The number of nitrogens with zero attached hydrogens (tertiary/aromatic N) is 5. The van der Waals surface area contributed by atoms with Gasteiger partial charge in [-0.2, -0.15) is 5.10 Å². The molecule has 42 heavy (non-hydrogen) atoms. The van der Waals surface area contributed by atoms with E-state index in [2.05, 4.69) is 30.2 Å². The lowest BCUT2D eigenvalue weighted by Crippen LogP contribution is -2.40. The number of aromatic nitrogens is 5. The molecule has 0 N–H and O–H groups in total. The zero-order valence-corrected chi connectivity index (χ0v) is 25.0. The number of aryl methyl sites for hydroxylation is 2. The Morgan fingerprint density at radius 1 is 1.07 bits per heavy atom. The van der Waals surface area contributed by atoms with Crippen LogP contribution in [0.4, 0.5) is 4.79 Å². The van der Waals surface area contributed by atoms with Crippen molar-refractivity contribution in [3.8, 4) is 11.3 Å². The van der Waals surface area contributed by atoms with Crippen LogP contribution in [0.15, 0.2) is 52.3 Å². The Morgan fingerprint density at radius 2 is 1.86 bits per heavy atom. The molecule has 224 valence electrons. The molecule has 0 aliphatic heterocycles. The summed E-state index contributed by atoms with van der Waals surface area (Å²) in [6.07, 6.45) is 7.82. The standard InChI is InChI=1S/C32H41N5O5/c1-5-16-36-30(38)29-27(35(7-3)31(36)39)18-26(24-19-33-34(21-24)20-23-13-11-12-22(4)17-23)37(29)28(6-2)42-32(40)41-25-14-9-8-10-15-25/h11-13,17-19,21,25,28H,5-10,14-16,20H2,1-4H3. The molecule has 1 fully saturated rings. The quantitative estimate of drug-likeness (QED) is 0.215. The van der Waals surface area contributed by atoms with Crippen LogP contribution in [0, 0.1) is 6.92 Å². The molecule has 10 nitrogen and oxygen atoms in total. The molecule has 3 aromatic heterocycles. The van der Waals surface area contributed by atoms with Crippen molar-refractivity contribution in [2.24, 2.45) is 0 Å². The highest BCUT2D eigenvalue weighted by molar-refractivity contribution is 5.84. The van der Waals surface area contributed by atoms with E-state index >= 15 is 0 Å². The fourth-order valence-corrected chi connectivity index (χ4v) is 6.00. The summed E-state index contributed by atoms with van der Waals surface area (Å²) in [5, 5.41) is 4.60. The van der Waals surface area contributed by atoms with Gasteiger partial charge in [-0.05, 0) is 57.6 Å². The van der Waals surface area contributed by atoms with E-state index in [-0.39, 0.29) is 11.8 Å². The highest BCUT2D eigenvalue weighted by Crippen LogP contribution is 2.32. The zero-order chi connectivity index (χ0) is 29.8. The Balaban J connectivity index is 1.62. The molecule has 10 heteroatoms. The van der Waals surface area contributed by atoms with E-state index in [0.717, 1.165) is 43.2 Å². The van der Waals surface area contributed by atoms with E-state index in [1.807, 2.05) is 43.8 Å². The van der Waals surface area contributed by atoms with Gasteiger partial charge in [0.2, 0.25) is 0 Å². The van der Waals surface area contributed by atoms with Crippen LogP contribution in [0.1, 0.15) is 83.1 Å². The molecule has 1 aliphatic carbocycles. The van der Waals surface area contributed by atoms with Crippen LogP contribution in [0.3, 0.4) is 0 Å². The summed E-state index contributed by atoms with van der Waals surface area (Å²) in [4.78, 5) is 40.3. The van der Waals surface area contributed by atoms with Gasteiger partial charge in [0.05, 0.1) is 24.0 Å². The lowest BCUT2D eigenvalue weighted by atomic mass is 9.98.